The Morgan fingerprint density at radius 2 is 1.84 bits per heavy atom. The first-order chi connectivity index (χ1) is 18.2. The average molecular weight is 524 g/mol. The molecular formula is C30H41N3O5. The minimum Gasteiger partial charge on any atom is -0.395 e. The van der Waals surface area contributed by atoms with Crippen LogP contribution in [0, 0.1) is 11.8 Å². The van der Waals surface area contributed by atoms with Crippen LogP contribution in [-0.2, 0) is 25.7 Å². The Morgan fingerprint density at radius 1 is 1.16 bits per heavy atom. The zero-order valence-electron chi connectivity index (χ0n) is 22.8. The Kier molecular flexibility index (Phi) is 8.14. The standard InChI is InChI=1S/C30H41N3O5/c1-6-16-31(20-22-12-10-9-11-13-22)26(35)23-24-27(36)33(18-19-34)25(28(37)32(17-7-2)21(4)5)30(24)15-14-29(23,8-3)38-30/h6-7,9-13,21,23-25,34H,1-2,8,14-20H2,3-5H3/t23-,24+,25?,29+,30?/m1/s1. The van der Waals surface area contributed by atoms with E-state index in [-0.39, 0.29) is 36.9 Å². The number of ether oxygens (including phenoxy) is 1. The summed E-state index contributed by atoms with van der Waals surface area (Å²) in [4.78, 5) is 47.4. The molecule has 206 valence electrons. The molecule has 38 heavy (non-hydrogen) atoms. The lowest BCUT2D eigenvalue weighted by Crippen LogP contribution is -2.57. The van der Waals surface area contributed by atoms with Crippen molar-refractivity contribution < 1.29 is 24.2 Å². The summed E-state index contributed by atoms with van der Waals surface area (Å²) < 4.78 is 6.83. The highest BCUT2D eigenvalue weighted by Crippen LogP contribution is 2.64. The maximum Gasteiger partial charge on any atom is 0.248 e. The molecule has 8 nitrogen and oxygen atoms in total. The second-order valence-corrected chi connectivity index (χ2v) is 11.0. The molecule has 3 amide bonds. The van der Waals surface area contributed by atoms with Crippen molar-refractivity contribution in [3.8, 4) is 0 Å². The van der Waals surface area contributed by atoms with Crippen molar-refractivity contribution in [3.63, 3.8) is 0 Å². The SMILES string of the molecule is C=CCN(Cc1ccccc1)C(=O)[C@H]1[C@H]2C(=O)N(CCO)C(C(=O)N(CC=C)C(C)C)C23CC[C@]1(CC)O3. The Labute approximate surface area is 225 Å². The molecule has 2 unspecified atom stereocenters. The van der Waals surface area contributed by atoms with Crippen molar-refractivity contribution in [1.82, 2.24) is 14.7 Å². The van der Waals surface area contributed by atoms with Gasteiger partial charge in [0, 0.05) is 32.2 Å². The van der Waals surface area contributed by atoms with Crippen LogP contribution in [0.4, 0.5) is 0 Å². The quantitative estimate of drug-likeness (QED) is 0.426. The number of likely N-dealkylation sites (tertiary alicyclic amines) is 1. The number of rotatable bonds is 12. The summed E-state index contributed by atoms with van der Waals surface area (Å²) in [5, 5.41) is 9.86. The molecule has 8 heteroatoms. The van der Waals surface area contributed by atoms with Gasteiger partial charge in [-0.2, -0.15) is 0 Å². The van der Waals surface area contributed by atoms with Crippen molar-refractivity contribution in [3.05, 3.63) is 61.2 Å². The van der Waals surface area contributed by atoms with Crippen molar-refractivity contribution in [2.24, 2.45) is 11.8 Å². The fourth-order valence-corrected chi connectivity index (χ4v) is 6.96. The van der Waals surface area contributed by atoms with Crippen molar-refractivity contribution in [1.29, 1.82) is 0 Å². The molecule has 0 aromatic heterocycles. The Balaban J connectivity index is 1.77. The molecule has 1 N–H and O–H groups in total. The van der Waals surface area contributed by atoms with Crippen LogP contribution in [0.3, 0.4) is 0 Å². The van der Waals surface area contributed by atoms with Gasteiger partial charge >= 0.3 is 0 Å². The largest absolute Gasteiger partial charge is 0.395 e. The van der Waals surface area contributed by atoms with Crippen LogP contribution in [0.15, 0.2) is 55.6 Å². The molecule has 1 spiro atoms. The van der Waals surface area contributed by atoms with Crippen LogP contribution in [-0.4, -0.2) is 87.1 Å². The van der Waals surface area contributed by atoms with Crippen LogP contribution in [0.2, 0.25) is 0 Å². The molecule has 0 radical (unpaired) electrons. The number of β-amino-alcohol motifs (C(OH)–C–C–N with tert-alkyl or cyclic N) is 1. The highest BCUT2D eigenvalue weighted by Gasteiger charge is 2.79. The van der Waals surface area contributed by atoms with E-state index in [0.717, 1.165) is 5.56 Å². The van der Waals surface area contributed by atoms with Gasteiger partial charge in [-0.05, 0) is 38.7 Å². The lowest BCUT2D eigenvalue weighted by atomic mass is 9.64. The predicted molar refractivity (Wildman–Crippen MR) is 145 cm³/mol. The smallest absolute Gasteiger partial charge is 0.248 e. The monoisotopic (exact) mass is 523 g/mol. The van der Waals surface area contributed by atoms with Crippen molar-refractivity contribution >= 4 is 17.7 Å². The average Bonchev–Trinajstić information content (AvgIpc) is 3.51. The topological polar surface area (TPSA) is 90.4 Å². The van der Waals surface area contributed by atoms with E-state index >= 15 is 0 Å². The number of amides is 3. The van der Waals surface area contributed by atoms with E-state index in [1.165, 1.54) is 4.90 Å². The third-order valence-corrected chi connectivity index (χ3v) is 8.63. The molecule has 4 rings (SSSR count). The van der Waals surface area contributed by atoms with E-state index in [1.807, 2.05) is 51.1 Å². The zero-order valence-corrected chi connectivity index (χ0v) is 22.8. The summed E-state index contributed by atoms with van der Waals surface area (Å²) in [5.41, 5.74) is -0.948. The summed E-state index contributed by atoms with van der Waals surface area (Å²) >= 11 is 0. The van der Waals surface area contributed by atoms with E-state index in [9.17, 15) is 19.5 Å². The molecule has 2 bridgehead atoms. The molecule has 3 heterocycles. The van der Waals surface area contributed by atoms with Crippen LogP contribution in [0.5, 0.6) is 0 Å². The fourth-order valence-electron chi connectivity index (χ4n) is 6.96. The van der Waals surface area contributed by atoms with E-state index < -0.39 is 29.1 Å². The number of carbonyl (C=O) groups is 3. The van der Waals surface area contributed by atoms with Crippen LogP contribution < -0.4 is 0 Å². The molecule has 1 aromatic carbocycles. The summed E-state index contributed by atoms with van der Waals surface area (Å²) in [6.45, 7) is 14.3. The molecule has 3 fully saturated rings. The number of carbonyl (C=O) groups excluding carboxylic acids is 3. The molecule has 0 saturated carbocycles. The van der Waals surface area contributed by atoms with Gasteiger partial charge in [-0.3, -0.25) is 14.4 Å². The van der Waals surface area contributed by atoms with Crippen LogP contribution in [0.25, 0.3) is 0 Å². The minimum absolute atomic E-state index is 0.0112. The molecule has 3 aliphatic heterocycles. The maximum atomic E-state index is 14.3. The molecule has 3 aliphatic rings. The van der Waals surface area contributed by atoms with Gasteiger partial charge in [0.05, 0.1) is 24.0 Å². The van der Waals surface area contributed by atoms with E-state index in [2.05, 4.69) is 13.2 Å². The number of aliphatic hydroxyl groups excluding tert-OH is 1. The second-order valence-electron chi connectivity index (χ2n) is 11.0. The number of hydrogen-bond donors (Lipinski definition) is 1. The molecule has 1 aromatic rings. The van der Waals surface area contributed by atoms with Crippen LogP contribution >= 0.6 is 0 Å². The lowest BCUT2D eigenvalue weighted by molar-refractivity contribution is -0.156. The highest BCUT2D eigenvalue weighted by atomic mass is 16.5. The summed E-state index contributed by atoms with van der Waals surface area (Å²) in [6, 6.07) is 8.71. The third kappa shape index (κ3) is 4.37. The molecular weight excluding hydrogens is 482 g/mol. The minimum atomic E-state index is -1.11. The number of aliphatic hydroxyl groups is 1. The maximum absolute atomic E-state index is 14.3. The Hall–Kier alpha value is -2.97. The van der Waals surface area contributed by atoms with Crippen molar-refractivity contribution in [2.45, 2.75) is 69.9 Å². The Morgan fingerprint density at radius 3 is 2.42 bits per heavy atom. The number of benzene rings is 1. The van der Waals surface area contributed by atoms with E-state index in [0.29, 0.717) is 38.9 Å². The third-order valence-electron chi connectivity index (χ3n) is 8.63. The van der Waals surface area contributed by atoms with E-state index in [4.69, 9.17) is 4.74 Å². The van der Waals surface area contributed by atoms with E-state index in [1.54, 1.807) is 22.0 Å². The Bertz CT molecular complexity index is 1070. The zero-order chi connectivity index (χ0) is 27.7. The number of fused-ring (bicyclic) bond motifs is 1. The predicted octanol–water partition coefficient (Wildman–Crippen LogP) is 2.77. The first kappa shape index (κ1) is 28.0. The summed E-state index contributed by atoms with van der Waals surface area (Å²) in [6.07, 6.45) is 5.03. The van der Waals surface area contributed by atoms with Gasteiger partial charge in [-0.25, -0.2) is 0 Å². The van der Waals surface area contributed by atoms with Gasteiger partial charge in [0.1, 0.15) is 11.6 Å². The van der Waals surface area contributed by atoms with Gasteiger partial charge < -0.3 is 24.5 Å². The highest BCUT2D eigenvalue weighted by molar-refractivity contribution is 5.99. The first-order valence-corrected chi connectivity index (χ1v) is 13.7. The molecule has 3 saturated heterocycles. The van der Waals surface area contributed by atoms with Crippen LogP contribution in [0.1, 0.15) is 45.6 Å². The second kappa shape index (κ2) is 11.0. The summed E-state index contributed by atoms with van der Waals surface area (Å²) in [5.74, 6) is -2.17. The number of nitrogens with zero attached hydrogens (tertiary/aromatic N) is 3. The normalized spacial score (nSPS) is 29.4. The van der Waals surface area contributed by atoms with Crippen molar-refractivity contribution in [2.75, 3.05) is 26.2 Å². The van der Waals surface area contributed by atoms with Gasteiger partial charge in [0.2, 0.25) is 17.7 Å². The van der Waals surface area contributed by atoms with Gasteiger partial charge in [-0.1, -0.05) is 49.4 Å². The van der Waals surface area contributed by atoms with Gasteiger partial charge in [0.15, 0.2) is 0 Å². The fraction of sp³-hybridized carbons (Fsp3) is 0.567. The summed E-state index contributed by atoms with van der Waals surface area (Å²) in [7, 11) is 0. The van der Waals surface area contributed by atoms with Gasteiger partial charge in [0.25, 0.3) is 0 Å². The van der Waals surface area contributed by atoms with Gasteiger partial charge in [-0.15, -0.1) is 13.2 Å². The first-order valence-electron chi connectivity index (χ1n) is 13.7. The molecule has 0 aliphatic carbocycles. The lowest BCUT2D eigenvalue weighted by Gasteiger charge is -2.38. The number of hydrogen-bond acceptors (Lipinski definition) is 5. The molecule has 5 atom stereocenters.